The lowest BCUT2D eigenvalue weighted by Gasteiger charge is -2.30. The van der Waals surface area contributed by atoms with Gasteiger partial charge in [-0.05, 0) is 51.0 Å². The first-order valence-corrected chi connectivity index (χ1v) is 9.34. The van der Waals surface area contributed by atoms with Crippen molar-refractivity contribution in [3.05, 3.63) is 23.7 Å². The van der Waals surface area contributed by atoms with Crippen molar-refractivity contribution in [2.24, 2.45) is 0 Å². The zero-order valence-corrected chi connectivity index (χ0v) is 14.4. The van der Waals surface area contributed by atoms with Crippen LogP contribution in [0.25, 0.3) is 11.2 Å². The first kappa shape index (κ1) is 15.2. The molecule has 114 valence electrons. The second-order valence-electron chi connectivity index (χ2n) is 5.93. The molecule has 5 heteroatoms. The number of halogens is 1. The second-order valence-corrected chi connectivity index (χ2v) is 7.73. The number of thioether (sulfide) groups is 1. The standard InChI is InChI=1S/C16H22ClN3S/c1-10-7-8-18-16-14(10)19-15(11(2)17)20(16)12-5-4-6-13(9-12)21-3/h7-8,11-13H,4-6,9H2,1-3H3. The maximum Gasteiger partial charge on any atom is 0.160 e. The Kier molecular flexibility index (Phi) is 4.46. The smallest absolute Gasteiger partial charge is 0.160 e. The highest BCUT2D eigenvalue weighted by Gasteiger charge is 2.28. The Hall–Kier alpha value is -0.740. The molecule has 1 aliphatic carbocycles. The van der Waals surface area contributed by atoms with Crippen LogP contribution in [0.5, 0.6) is 0 Å². The summed E-state index contributed by atoms with van der Waals surface area (Å²) in [6.45, 7) is 4.10. The Labute approximate surface area is 135 Å². The summed E-state index contributed by atoms with van der Waals surface area (Å²) in [6, 6.07) is 2.50. The third-order valence-electron chi connectivity index (χ3n) is 4.46. The molecule has 2 heterocycles. The van der Waals surface area contributed by atoms with E-state index in [0.29, 0.717) is 6.04 Å². The fourth-order valence-electron chi connectivity index (χ4n) is 3.34. The van der Waals surface area contributed by atoms with E-state index in [4.69, 9.17) is 16.6 Å². The van der Waals surface area contributed by atoms with Crippen molar-refractivity contribution in [3.8, 4) is 0 Å². The molecule has 1 saturated carbocycles. The van der Waals surface area contributed by atoms with Crippen LogP contribution in [0.3, 0.4) is 0 Å². The molecule has 0 N–H and O–H groups in total. The molecule has 0 spiro atoms. The normalized spacial score (nSPS) is 24.4. The van der Waals surface area contributed by atoms with Crippen molar-refractivity contribution >= 4 is 34.5 Å². The van der Waals surface area contributed by atoms with Gasteiger partial charge < -0.3 is 4.57 Å². The third-order valence-corrected chi connectivity index (χ3v) is 5.75. The molecule has 0 amide bonds. The van der Waals surface area contributed by atoms with Crippen molar-refractivity contribution in [3.63, 3.8) is 0 Å². The molecule has 3 nitrogen and oxygen atoms in total. The Morgan fingerprint density at radius 3 is 2.95 bits per heavy atom. The van der Waals surface area contributed by atoms with Crippen molar-refractivity contribution in [1.82, 2.24) is 14.5 Å². The number of nitrogens with zero attached hydrogens (tertiary/aromatic N) is 3. The summed E-state index contributed by atoms with van der Waals surface area (Å²) in [5.74, 6) is 0.972. The molecule has 0 radical (unpaired) electrons. The first-order chi connectivity index (χ1) is 10.1. The Morgan fingerprint density at radius 1 is 1.43 bits per heavy atom. The van der Waals surface area contributed by atoms with Gasteiger partial charge >= 0.3 is 0 Å². The molecule has 0 aromatic carbocycles. The van der Waals surface area contributed by atoms with E-state index in [-0.39, 0.29) is 5.38 Å². The van der Waals surface area contributed by atoms with Crippen LogP contribution >= 0.6 is 23.4 Å². The minimum Gasteiger partial charge on any atom is -0.308 e. The largest absolute Gasteiger partial charge is 0.308 e. The monoisotopic (exact) mass is 323 g/mol. The lowest BCUT2D eigenvalue weighted by Crippen LogP contribution is -2.22. The SMILES string of the molecule is CSC1CCCC(n2c(C(C)Cl)nc3c(C)ccnc32)C1. The summed E-state index contributed by atoms with van der Waals surface area (Å²) in [6.07, 6.45) is 9.09. The number of pyridine rings is 1. The van der Waals surface area contributed by atoms with E-state index in [1.165, 1.54) is 31.2 Å². The number of hydrogen-bond donors (Lipinski definition) is 0. The van der Waals surface area contributed by atoms with E-state index in [1.807, 2.05) is 30.9 Å². The Balaban J connectivity index is 2.11. The third kappa shape index (κ3) is 2.80. The summed E-state index contributed by atoms with van der Waals surface area (Å²) >= 11 is 8.39. The van der Waals surface area contributed by atoms with E-state index < -0.39 is 0 Å². The number of hydrogen-bond acceptors (Lipinski definition) is 3. The molecule has 2 aromatic heterocycles. The lowest BCUT2D eigenvalue weighted by molar-refractivity contribution is 0.358. The number of imidazole rings is 1. The highest BCUT2D eigenvalue weighted by molar-refractivity contribution is 7.99. The molecule has 3 atom stereocenters. The van der Waals surface area contributed by atoms with Crippen molar-refractivity contribution in [2.75, 3.05) is 6.26 Å². The van der Waals surface area contributed by atoms with E-state index in [9.17, 15) is 0 Å². The van der Waals surface area contributed by atoms with Crippen molar-refractivity contribution in [2.45, 2.75) is 56.2 Å². The van der Waals surface area contributed by atoms with Crippen LogP contribution in [0.15, 0.2) is 12.3 Å². The van der Waals surface area contributed by atoms with Gasteiger partial charge in [0.1, 0.15) is 11.3 Å². The van der Waals surface area contributed by atoms with Gasteiger partial charge in [0.2, 0.25) is 0 Å². The van der Waals surface area contributed by atoms with Gasteiger partial charge in [0.05, 0.1) is 5.38 Å². The zero-order valence-electron chi connectivity index (χ0n) is 12.8. The van der Waals surface area contributed by atoms with Gasteiger partial charge in [-0.15, -0.1) is 11.6 Å². The predicted octanol–water partition coefficient (Wildman–Crippen LogP) is 4.89. The van der Waals surface area contributed by atoms with Crippen LogP contribution in [0, 0.1) is 6.92 Å². The average Bonchev–Trinajstić information content (AvgIpc) is 2.88. The van der Waals surface area contributed by atoms with Crippen LogP contribution in [-0.2, 0) is 0 Å². The van der Waals surface area contributed by atoms with Gasteiger partial charge in [-0.1, -0.05) is 6.42 Å². The molecule has 0 bridgehead atoms. The minimum atomic E-state index is -0.0896. The molecule has 0 aliphatic heterocycles. The highest BCUT2D eigenvalue weighted by Crippen LogP contribution is 2.38. The number of alkyl halides is 1. The van der Waals surface area contributed by atoms with E-state index in [2.05, 4.69) is 22.7 Å². The number of rotatable bonds is 3. The van der Waals surface area contributed by atoms with Gasteiger partial charge in [0.25, 0.3) is 0 Å². The number of fused-ring (bicyclic) bond motifs is 1. The van der Waals surface area contributed by atoms with Crippen LogP contribution in [0.2, 0.25) is 0 Å². The lowest BCUT2D eigenvalue weighted by atomic mass is 9.94. The topological polar surface area (TPSA) is 30.7 Å². The van der Waals surface area contributed by atoms with Gasteiger partial charge in [-0.25, -0.2) is 9.97 Å². The van der Waals surface area contributed by atoms with Gasteiger partial charge in [-0.3, -0.25) is 0 Å². The van der Waals surface area contributed by atoms with E-state index in [0.717, 1.165) is 22.2 Å². The van der Waals surface area contributed by atoms with Crippen LogP contribution in [0.4, 0.5) is 0 Å². The van der Waals surface area contributed by atoms with E-state index >= 15 is 0 Å². The first-order valence-electron chi connectivity index (χ1n) is 7.62. The fraction of sp³-hybridized carbons (Fsp3) is 0.625. The summed E-state index contributed by atoms with van der Waals surface area (Å²) < 4.78 is 2.32. The summed E-state index contributed by atoms with van der Waals surface area (Å²) in [5, 5.41) is 0.651. The summed E-state index contributed by atoms with van der Waals surface area (Å²) in [7, 11) is 0. The predicted molar refractivity (Wildman–Crippen MR) is 91.3 cm³/mol. The zero-order chi connectivity index (χ0) is 15.0. The fourth-order valence-corrected chi connectivity index (χ4v) is 4.31. The van der Waals surface area contributed by atoms with Crippen LogP contribution in [-0.4, -0.2) is 26.0 Å². The minimum absolute atomic E-state index is 0.0896. The molecule has 3 unspecified atom stereocenters. The van der Waals surface area contributed by atoms with Gasteiger partial charge in [0.15, 0.2) is 5.65 Å². The van der Waals surface area contributed by atoms with Gasteiger partial charge in [-0.2, -0.15) is 11.8 Å². The quantitative estimate of drug-likeness (QED) is 0.754. The highest BCUT2D eigenvalue weighted by atomic mass is 35.5. The second kappa shape index (κ2) is 6.17. The molecular formula is C16H22ClN3S. The Bertz CT molecular complexity index is 638. The van der Waals surface area contributed by atoms with Crippen molar-refractivity contribution < 1.29 is 0 Å². The molecule has 1 aliphatic rings. The Morgan fingerprint density at radius 2 is 2.24 bits per heavy atom. The maximum atomic E-state index is 6.41. The molecule has 21 heavy (non-hydrogen) atoms. The molecular weight excluding hydrogens is 302 g/mol. The van der Waals surface area contributed by atoms with Gasteiger partial charge in [0, 0.05) is 17.5 Å². The molecule has 3 rings (SSSR count). The number of aryl methyl sites for hydroxylation is 1. The average molecular weight is 324 g/mol. The molecule has 2 aromatic rings. The summed E-state index contributed by atoms with van der Waals surface area (Å²) in [5.41, 5.74) is 3.19. The molecule has 1 fully saturated rings. The number of aromatic nitrogens is 3. The van der Waals surface area contributed by atoms with Crippen LogP contribution < -0.4 is 0 Å². The summed E-state index contributed by atoms with van der Waals surface area (Å²) in [4.78, 5) is 9.41. The maximum absolute atomic E-state index is 6.41. The van der Waals surface area contributed by atoms with Crippen molar-refractivity contribution in [1.29, 1.82) is 0 Å². The van der Waals surface area contributed by atoms with E-state index in [1.54, 1.807) is 0 Å². The molecule has 0 saturated heterocycles. The van der Waals surface area contributed by atoms with Crippen LogP contribution in [0.1, 0.15) is 55.4 Å².